The molecule has 0 aromatic carbocycles. The second-order valence-electron chi connectivity index (χ2n) is 4.63. The summed E-state index contributed by atoms with van der Waals surface area (Å²) >= 11 is 0. The Morgan fingerprint density at radius 2 is 2.56 bits per heavy atom. The van der Waals surface area contributed by atoms with E-state index in [0.717, 1.165) is 32.6 Å². The molecule has 1 aromatic rings. The van der Waals surface area contributed by atoms with Crippen molar-refractivity contribution in [3.8, 4) is 0 Å². The minimum Gasteiger partial charge on any atom is -0.381 e. The van der Waals surface area contributed by atoms with Gasteiger partial charge in [0.05, 0.1) is 6.20 Å². The molecule has 0 spiro atoms. The van der Waals surface area contributed by atoms with Crippen LogP contribution in [0.4, 0.5) is 0 Å². The smallest absolute Gasteiger partial charge is 0.0522 e. The fourth-order valence-electron chi connectivity index (χ4n) is 2.27. The highest BCUT2D eigenvalue weighted by Gasteiger charge is 2.19. The first kappa shape index (κ1) is 11.6. The highest BCUT2D eigenvalue weighted by Crippen LogP contribution is 2.18. The molecule has 0 radical (unpaired) electrons. The van der Waals surface area contributed by atoms with Gasteiger partial charge in [-0.3, -0.25) is 4.68 Å². The number of nitrogens with two attached hydrogens (primary N) is 1. The van der Waals surface area contributed by atoms with Crippen molar-refractivity contribution in [3.05, 3.63) is 18.0 Å². The number of nitrogens with zero attached hydrogens (tertiary/aromatic N) is 2. The summed E-state index contributed by atoms with van der Waals surface area (Å²) in [7, 11) is 0. The molecule has 2 unspecified atom stereocenters. The van der Waals surface area contributed by atoms with Gasteiger partial charge >= 0.3 is 0 Å². The van der Waals surface area contributed by atoms with E-state index in [-0.39, 0.29) is 6.04 Å². The predicted molar refractivity (Wildman–Crippen MR) is 63.1 cm³/mol. The fraction of sp³-hybridized carbons (Fsp3) is 0.750. The lowest BCUT2D eigenvalue weighted by Gasteiger charge is -2.14. The Bertz CT molecular complexity index is 318. The molecule has 2 heterocycles. The fourth-order valence-corrected chi connectivity index (χ4v) is 2.27. The van der Waals surface area contributed by atoms with Gasteiger partial charge in [-0.05, 0) is 37.7 Å². The van der Waals surface area contributed by atoms with E-state index in [0.29, 0.717) is 5.92 Å². The first-order valence-corrected chi connectivity index (χ1v) is 6.12. The van der Waals surface area contributed by atoms with Gasteiger partial charge in [0.25, 0.3) is 0 Å². The van der Waals surface area contributed by atoms with Crippen LogP contribution in [-0.4, -0.2) is 29.0 Å². The number of ether oxygens (including phenoxy) is 1. The number of hydrogen-bond donors (Lipinski definition) is 1. The molecule has 1 aromatic heterocycles. The molecule has 1 fully saturated rings. The van der Waals surface area contributed by atoms with Gasteiger partial charge in [0.15, 0.2) is 0 Å². The van der Waals surface area contributed by atoms with Crippen LogP contribution >= 0.6 is 0 Å². The SMILES string of the molecule is CCn1cc(CC(N)CC2CCOC2)cn1. The molecule has 4 heteroatoms. The van der Waals surface area contributed by atoms with E-state index < -0.39 is 0 Å². The van der Waals surface area contributed by atoms with Crippen LogP contribution in [0, 0.1) is 5.92 Å². The Kier molecular flexibility index (Phi) is 3.96. The Hall–Kier alpha value is -0.870. The van der Waals surface area contributed by atoms with Crippen LogP contribution in [-0.2, 0) is 17.7 Å². The molecule has 90 valence electrons. The normalized spacial score (nSPS) is 22.5. The largest absolute Gasteiger partial charge is 0.381 e. The number of rotatable bonds is 5. The van der Waals surface area contributed by atoms with Gasteiger partial charge in [0.1, 0.15) is 0 Å². The lowest BCUT2D eigenvalue weighted by molar-refractivity contribution is 0.182. The maximum atomic E-state index is 6.14. The van der Waals surface area contributed by atoms with Crippen molar-refractivity contribution in [1.29, 1.82) is 0 Å². The summed E-state index contributed by atoms with van der Waals surface area (Å²) in [6.45, 7) is 4.81. The molecular weight excluding hydrogens is 202 g/mol. The quantitative estimate of drug-likeness (QED) is 0.816. The molecule has 2 N–H and O–H groups in total. The molecule has 4 nitrogen and oxygen atoms in total. The molecule has 2 rings (SSSR count). The van der Waals surface area contributed by atoms with E-state index in [2.05, 4.69) is 18.2 Å². The lowest BCUT2D eigenvalue weighted by Crippen LogP contribution is -2.26. The molecule has 0 saturated carbocycles. The molecule has 16 heavy (non-hydrogen) atoms. The molecule has 0 amide bonds. The van der Waals surface area contributed by atoms with Gasteiger partial charge in [0, 0.05) is 32.0 Å². The summed E-state index contributed by atoms with van der Waals surface area (Å²) in [6, 6.07) is 0.237. The van der Waals surface area contributed by atoms with Crippen LogP contribution in [0.1, 0.15) is 25.3 Å². The molecule has 2 atom stereocenters. The van der Waals surface area contributed by atoms with Crippen molar-refractivity contribution in [2.24, 2.45) is 11.7 Å². The van der Waals surface area contributed by atoms with E-state index >= 15 is 0 Å². The van der Waals surface area contributed by atoms with Crippen molar-refractivity contribution < 1.29 is 4.74 Å². The van der Waals surface area contributed by atoms with Gasteiger partial charge in [0.2, 0.25) is 0 Å². The molecule has 0 bridgehead atoms. The van der Waals surface area contributed by atoms with Crippen LogP contribution < -0.4 is 5.73 Å². The van der Waals surface area contributed by atoms with Crippen molar-refractivity contribution in [2.75, 3.05) is 13.2 Å². The molecule has 1 aliphatic heterocycles. The molecule has 1 saturated heterocycles. The van der Waals surface area contributed by atoms with E-state index in [1.807, 2.05) is 10.9 Å². The lowest BCUT2D eigenvalue weighted by atomic mass is 9.96. The van der Waals surface area contributed by atoms with Gasteiger partial charge in [-0.15, -0.1) is 0 Å². The predicted octanol–water partition coefficient (Wildman–Crippen LogP) is 1.20. The Morgan fingerprint density at radius 3 is 3.19 bits per heavy atom. The third kappa shape index (κ3) is 3.06. The van der Waals surface area contributed by atoms with Crippen molar-refractivity contribution in [2.45, 2.75) is 38.8 Å². The van der Waals surface area contributed by atoms with Crippen LogP contribution in [0.3, 0.4) is 0 Å². The Labute approximate surface area is 96.8 Å². The van der Waals surface area contributed by atoms with Crippen LogP contribution in [0.5, 0.6) is 0 Å². The van der Waals surface area contributed by atoms with Crippen molar-refractivity contribution in [1.82, 2.24) is 9.78 Å². The Morgan fingerprint density at radius 1 is 1.69 bits per heavy atom. The second kappa shape index (κ2) is 5.46. The molecule has 1 aliphatic rings. The van der Waals surface area contributed by atoms with E-state index in [9.17, 15) is 0 Å². The van der Waals surface area contributed by atoms with E-state index in [1.165, 1.54) is 12.0 Å². The zero-order valence-electron chi connectivity index (χ0n) is 9.93. The minimum atomic E-state index is 0.237. The summed E-state index contributed by atoms with van der Waals surface area (Å²) in [6.07, 6.45) is 7.18. The second-order valence-corrected chi connectivity index (χ2v) is 4.63. The average Bonchev–Trinajstić information content (AvgIpc) is 2.89. The monoisotopic (exact) mass is 223 g/mol. The third-order valence-corrected chi connectivity index (χ3v) is 3.17. The topological polar surface area (TPSA) is 53.1 Å². The van der Waals surface area contributed by atoms with Crippen molar-refractivity contribution in [3.63, 3.8) is 0 Å². The minimum absolute atomic E-state index is 0.237. The first-order chi connectivity index (χ1) is 7.78. The van der Waals surface area contributed by atoms with Gasteiger partial charge in [-0.2, -0.15) is 5.10 Å². The third-order valence-electron chi connectivity index (χ3n) is 3.17. The highest BCUT2D eigenvalue weighted by atomic mass is 16.5. The van der Waals surface area contributed by atoms with Gasteiger partial charge in [-0.25, -0.2) is 0 Å². The summed E-state index contributed by atoms with van der Waals surface area (Å²) in [4.78, 5) is 0. The molecular formula is C12H21N3O. The van der Waals surface area contributed by atoms with E-state index in [4.69, 9.17) is 10.5 Å². The summed E-state index contributed by atoms with van der Waals surface area (Å²) in [5.41, 5.74) is 7.39. The zero-order valence-corrected chi connectivity index (χ0v) is 9.93. The number of aromatic nitrogens is 2. The van der Waals surface area contributed by atoms with Crippen molar-refractivity contribution >= 4 is 0 Å². The summed E-state index contributed by atoms with van der Waals surface area (Å²) in [5, 5.41) is 4.26. The van der Waals surface area contributed by atoms with Crippen LogP contribution in [0.25, 0.3) is 0 Å². The standard InChI is InChI=1S/C12H21N3O/c1-2-15-8-11(7-14-15)6-12(13)5-10-3-4-16-9-10/h7-8,10,12H,2-6,9,13H2,1H3. The van der Waals surface area contributed by atoms with Crippen LogP contribution in [0.2, 0.25) is 0 Å². The maximum absolute atomic E-state index is 6.14. The highest BCUT2D eigenvalue weighted by molar-refractivity contribution is 5.06. The Balaban J connectivity index is 1.79. The number of hydrogen-bond acceptors (Lipinski definition) is 3. The zero-order chi connectivity index (χ0) is 11.4. The first-order valence-electron chi connectivity index (χ1n) is 6.12. The van der Waals surface area contributed by atoms with Gasteiger partial charge < -0.3 is 10.5 Å². The molecule has 0 aliphatic carbocycles. The average molecular weight is 223 g/mol. The maximum Gasteiger partial charge on any atom is 0.0522 e. The number of aryl methyl sites for hydroxylation is 1. The summed E-state index contributed by atoms with van der Waals surface area (Å²) in [5.74, 6) is 0.663. The summed E-state index contributed by atoms with van der Waals surface area (Å²) < 4.78 is 7.30. The van der Waals surface area contributed by atoms with Gasteiger partial charge in [-0.1, -0.05) is 0 Å². The van der Waals surface area contributed by atoms with Crippen LogP contribution in [0.15, 0.2) is 12.4 Å². The van der Waals surface area contributed by atoms with E-state index in [1.54, 1.807) is 0 Å².